The van der Waals surface area contributed by atoms with E-state index in [9.17, 15) is 19.5 Å². The molecule has 2 unspecified atom stereocenters. The Bertz CT molecular complexity index is 678. The number of rotatable bonds is 3. The summed E-state index contributed by atoms with van der Waals surface area (Å²) in [7, 11) is 0. The first-order valence-corrected chi connectivity index (χ1v) is 8.89. The third kappa shape index (κ3) is 3.05. The number of benzene rings is 1. The summed E-state index contributed by atoms with van der Waals surface area (Å²) in [6.07, 6.45) is 2.45. The summed E-state index contributed by atoms with van der Waals surface area (Å²) in [6.45, 7) is 0.873. The summed E-state index contributed by atoms with van der Waals surface area (Å²) in [6, 6.07) is 6.57. The van der Waals surface area contributed by atoms with Crippen molar-refractivity contribution in [2.45, 2.75) is 31.7 Å². The zero-order chi connectivity index (χ0) is 17.3. The number of amides is 2. The van der Waals surface area contributed by atoms with Gasteiger partial charge in [-0.25, -0.2) is 4.79 Å². The molecule has 1 aromatic carbocycles. The minimum atomic E-state index is -0.990. The fourth-order valence-electron chi connectivity index (χ4n) is 3.47. The predicted molar refractivity (Wildman–Crippen MR) is 91.6 cm³/mol. The van der Waals surface area contributed by atoms with E-state index in [1.54, 1.807) is 4.90 Å². The lowest BCUT2D eigenvalue weighted by Crippen LogP contribution is -2.51. The van der Waals surface area contributed by atoms with Gasteiger partial charge in [0.05, 0.1) is 5.69 Å². The van der Waals surface area contributed by atoms with Crippen molar-refractivity contribution in [3.05, 3.63) is 28.7 Å². The first kappa shape index (κ1) is 17.0. The number of carbonyl (C=O) groups excluding carboxylic acids is 2. The van der Waals surface area contributed by atoms with Crippen molar-refractivity contribution in [1.29, 1.82) is 0 Å². The molecule has 2 amide bonds. The molecule has 2 aliphatic heterocycles. The molecule has 0 saturated carbocycles. The molecular weight excluding hydrogens is 376 g/mol. The van der Waals surface area contributed by atoms with E-state index in [1.165, 1.54) is 4.90 Å². The summed E-state index contributed by atoms with van der Waals surface area (Å²) < 4.78 is 0.799. The minimum absolute atomic E-state index is 0.249. The number of carboxylic acids is 1. The number of halogens is 1. The summed E-state index contributed by atoms with van der Waals surface area (Å²) in [5.74, 6) is -2.36. The van der Waals surface area contributed by atoms with Gasteiger partial charge in [0, 0.05) is 17.6 Å². The molecule has 1 aromatic rings. The Labute approximate surface area is 148 Å². The number of para-hydroxylation sites is 1. The third-order valence-electron chi connectivity index (χ3n) is 4.72. The van der Waals surface area contributed by atoms with Gasteiger partial charge in [0.25, 0.3) is 0 Å². The minimum Gasteiger partial charge on any atom is -0.480 e. The van der Waals surface area contributed by atoms with Gasteiger partial charge in [-0.15, -0.1) is 0 Å². The maximum Gasteiger partial charge on any atom is 0.326 e. The normalized spacial score (nSPS) is 24.3. The zero-order valence-electron chi connectivity index (χ0n) is 13.2. The van der Waals surface area contributed by atoms with Crippen LogP contribution in [0.4, 0.5) is 5.69 Å². The van der Waals surface area contributed by atoms with Crippen LogP contribution in [0.1, 0.15) is 25.7 Å². The van der Waals surface area contributed by atoms with Crippen LogP contribution in [0.5, 0.6) is 0 Å². The number of aliphatic carboxylic acids is 1. The van der Waals surface area contributed by atoms with Crippen molar-refractivity contribution in [1.82, 2.24) is 4.90 Å². The molecule has 7 heteroatoms. The van der Waals surface area contributed by atoms with Crippen molar-refractivity contribution in [2.75, 3.05) is 18.0 Å². The Balaban J connectivity index is 1.78. The molecule has 2 atom stereocenters. The van der Waals surface area contributed by atoms with E-state index in [0.29, 0.717) is 25.9 Å². The monoisotopic (exact) mass is 394 g/mol. The van der Waals surface area contributed by atoms with E-state index in [2.05, 4.69) is 15.9 Å². The Morgan fingerprint density at radius 2 is 1.88 bits per heavy atom. The van der Waals surface area contributed by atoms with Crippen LogP contribution in [0.3, 0.4) is 0 Å². The van der Waals surface area contributed by atoms with Crippen LogP contribution in [-0.4, -0.2) is 46.9 Å². The summed E-state index contributed by atoms with van der Waals surface area (Å²) in [5, 5.41) is 9.34. The van der Waals surface area contributed by atoms with E-state index in [0.717, 1.165) is 23.0 Å². The first-order chi connectivity index (χ1) is 11.5. The van der Waals surface area contributed by atoms with Crippen molar-refractivity contribution in [2.24, 2.45) is 5.92 Å². The predicted octanol–water partition coefficient (Wildman–Crippen LogP) is 2.27. The van der Waals surface area contributed by atoms with Crippen molar-refractivity contribution in [3.63, 3.8) is 0 Å². The average molecular weight is 395 g/mol. The van der Waals surface area contributed by atoms with Gasteiger partial charge in [-0.2, -0.15) is 0 Å². The number of piperidine rings is 1. The number of carboxylic acid groups (broad SMARTS) is 1. The Hall–Kier alpha value is -1.89. The molecule has 2 heterocycles. The number of hydrogen-bond acceptors (Lipinski definition) is 3. The number of carbonyl (C=O) groups is 3. The highest BCUT2D eigenvalue weighted by Gasteiger charge is 2.43. The van der Waals surface area contributed by atoms with Crippen molar-refractivity contribution >= 4 is 39.4 Å². The molecule has 1 N–H and O–H groups in total. The van der Waals surface area contributed by atoms with Crippen LogP contribution in [0.25, 0.3) is 0 Å². The molecule has 0 aliphatic carbocycles. The average Bonchev–Trinajstić information content (AvgIpc) is 2.96. The van der Waals surface area contributed by atoms with Crippen LogP contribution >= 0.6 is 15.9 Å². The maximum absolute atomic E-state index is 12.8. The van der Waals surface area contributed by atoms with E-state index >= 15 is 0 Å². The number of nitrogens with zero attached hydrogens (tertiary/aromatic N) is 2. The Morgan fingerprint density at radius 1 is 1.12 bits per heavy atom. The molecule has 2 saturated heterocycles. The van der Waals surface area contributed by atoms with Gasteiger partial charge >= 0.3 is 5.97 Å². The van der Waals surface area contributed by atoms with E-state index in [-0.39, 0.29) is 11.8 Å². The van der Waals surface area contributed by atoms with Gasteiger partial charge < -0.3 is 14.9 Å². The van der Waals surface area contributed by atoms with E-state index < -0.39 is 17.9 Å². The number of likely N-dealkylation sites (tertiary alicyclic amines) is 1. The molecule has 0 spiro atoms. The van der Waals surface area contributed by atoms with E-state index in [1.807, 2.05) is 24.3 Å². The summed E-state index contributed by atoms with van der Waals surface area (Å²) in [5.41, 5.74) is 0.742. The van der Waals surface area contributed by atoms with Crippen molar-refractivity contribution in [3.8, 4) is 0 Å². The molecule has 0 aromatic heterocycles. The standard InChI is InChI=1S/C17H19BrN2O4/c18-12-5-1-2-6-13(12)20-10-8-11(16(20)22)15(21)19-9-4-3-7-14(19)17(23)24/h1-2,5-6,11,14H,3-4,7-10H2,(H,23,24). The molecule has 2 aliphatic rings. The quantitative estimate of drug-likeness (QED) is 0.797. The summed E-state index contributed by atoms with van der Waals surface area (Å²) >= 11 is 3.43. The van der Waals surface area contributed by atoms with Crippen LogP contribution in [0.2, 0.25) is 0 Å². The third-order valence-corrected chi connectivity index (χ3v) is 5.39. The topological polar surface area (TPSA) is 77.9 Å². The first-order valence-electron chi connectivity index (χ1n) is 8.10. The lowest BCUT2D eigenvalue weighted by molar-refractivity contribution is -0.155. The largest absolute Gasteiger partial charge is 0.480 e. The highest BCUT2D eigenvalue weighted by Crippen LogP contribution is 2.33. The molecule has 0 bridgehead atoms. The van der Waals surface area contributed by atoms with Gasteiger partial charge in [-0.05, 0) is 53.7 Å². The van der Waals surface area contributed by atoms with Crippen molar-refractivity contribution < 1.29 is 19.5 Å². The fraction of sp³-hybridized carbons (Fsp3) is 0.471. The molecular formula is C17H19BrN2O4. The Morgan fingerprint density at radius 3 is 2.58 bits per heavy atom. The highest BCUT2D eigenvalue weighted by molar-refractivity contribution is 9.10. The number of hydrogen-bond donors (Lipinski definition) is 1. The van der Waals surface area contributed by atoms with Gasteiger partial charge in [0.15, 0.2) is 0 Å². The second-order valence-electron chi connectivity index (χ2n) is 6.16. The second kappa shape index (κ2) is 6.93. The van der Waals surface area contributed by atoms with E-state index in [4.69, 9.17) is 0 Å². The zero-order valence-corrected chi connectivity index (χ0v) is 14.7. The Kier molecular flexibility index (Phi) is 4.89. The molecule has 6 nitrogen and oxygen atoms in total. The maximum atomic E-state index is 12.8. The lowest BCUT2D eigenvalue weighted by atomic mass is 9.98. The molecule has 2 fully saturated rings. The highest BCUT2D eigenvalue weighted by atomic mass is 79.9. The molecule has 3 rings (SSSR count). The van der Waals surface area contributed by atoms with Crippen LogP contribution in [0, 0.1) is 5.92 Å². The SMILES string of the molecule is O=C(O)C1CCCCN1C(=O)C1CCN(c2ccccc2Br)C1=O. The lowest BCUT2D eigenvalue weighted by Gasteiger charge is -2.34. The van der Waals surface area contributed by atoms with Gasteiger partial charge in [-0.1, -0.05) is 12.1 Å². The fourth-order valence-corrected chi connectivity index (χ4v) is 3.97. The molecule has 24 heavy (non-hydrogen) atoms. The second-order valence-corrected chi connectivity index (χ2v) is 7.02. The number of anilines is 1. The van der Waals surface area contributed by atoms with Crippen LogP contribution in [0.15, 0.2) is 28.7 Å². The molecule has 0 radical (unpaired) electrons. The van der Waals surface area contributed by atoms with Gasteiger partial charge in [0.1, 0.15) is 12.0 Å². The summed E-state index contributed by atoms with van der Waals surface area (Å²) in [4.78, 5) is 39.9. The van der Waals surface area contributed by atoms with Gasteiger partial charge in [-0.3, -0.25) is 9.59 Å². The van der Waals surface area contributed by atoms with Crippen LogP contribution < -0.4 is 4.90 Å². The molecule has 128 valence electrons. The van der Waals surface area contributed by atoms with Crippen LogP contribution in [-0.2, 0) is 14.4 Å². The smallest absolute Gasteiger partial charge is 0.326 e. The van der Waals surface area contributed by atoms with Gasteiger partial charge in [0.2, 0.25) is 11.8 Å².